The minimum Gasteiger partial charge on any atom is -0.403 e. The number of piperidine rings is 1. The van der Waals surface area contributed by atoms with Crippen LogP contribution in [0.5, 0.6) is 0 Å². The number of hydrogen-bond acceptors (Lipinski definition) is 10. The van der Waals surface area contributed by atoms with Crippen LogP contribution in [0.3, 0.4) is 0 Å². The van der Waals surface area contributed by atoms with E-state index in [0.29, 0.717) is 45.9 Å². The standard InChI is InChI=1S/C20H21Cl2N9O/c21-15-5-12(6-16(22)7-15)8-23-19-24-9-14(10-25-19)18-28-29-20(32-18)31-3-1-13(2-4-31)17-11-26-30-27-17/h5-7,9-11,13,26-27,30H,1-4,8H2,(H,23,24,25). The van der Waals surface area contributed by atoms with E-state index in [1.54, 1.807) is 18.5 Å². The van der Waals surface area contributed by atoms with Crippen LogP contribution in [-0.4, -0.2) is 33.3 Å². The van der Waals surface area contributed by atoms with Crippen LogP contribution in [0.2, 0.25) is 10.0 Å². The summed E-state index contributed by atoms with van der Waals surface area (Å²) in [5.41, 5.74) is 11.8. The van der Waals surface area contributed by atoms with Crippen LogP contribution in [0.15, 0.2) is 46.9 Å². The van der Waals surface area contributed by atoms with E-state index in [9.17, 15) is 0 Å². The molecule has 12 heteroatoms. The Bertz CT molecular complexity index is 1090. The summed E-state index contributed by atoms with van der Waals surface area (Å²) < 4.78 is 5.88. The summed E-state index contributed by atoms with van der Waals surface area (Å²) in [7, 11) is 0. The molecule has 0 radical (unpaired) electrons. The van der Waals surface area contributed by atoms with Crippen molar-refractivity contribution in [3.05, 3.63) is 58.1 Å². The molecule has 4 N–H and O–H groups in total. The van der Waals surface area contributed by atoms with E-state index in [4.69, 9.17) is 27.6 Å². The second-order valence-electron chi connectivity index (χ2n) is 7.57. The predicted octanol–water partition coefficient (Wildman–Crippen LogP) is 3.12. The van der Waals surface area contributed by atoms with Gasteiger partial charge in [-0.3, -0.25) is 0 Å². The molecule has 2 aromatic heterocycles. The smallest absolute Gasteiger partial charge is 0.318 e. The third-order valence-electron chi connectivity index (χ3n) is 5.40. The monoisotopic (exact) mass is 473 g/mol. The zero-order valence-corrected chi connectivity index (χ0v) is 18.5. The largest absolute Gasteiger partial charge is 0.403 e. The molecule has 1 aromatic carbocycles. The number of nitrogens with one attached hydrogen (secondary N) is 4. The molecule has 0 aliphatic carbocycles. The third kappa shape index (κ3) is 4.72. The second kappa shape index (κ2) is 9.19. The molecule has 2 aliphatic heterocycles. The summed E-state index contributed by atoms with van der Waals surface area (Å²) in [4.78, 5) is 10.8. The fraction of sp³-hybridized carbons (Fsp3) is 0.300. The molecule has 0 saturated carbocycles. The lowest BCUT2D eigenvalue weighted by atomic mass is 9.94. The molecule has 0 unspecified atom stereocenters. The number of allylic oxidation sites excluding steroid dienone is 1. The van der Waals surface area contributed by atoms with Crippen LogP contribution in [-0.2, 0) is 6.54 Å². The van der Waals surface area contributed by atoms with Gasteiger partial charge in [-0.25, -0.2) is 9.97 Å². The summed E-state index contributed by atoms with van der Waals surface area (Å²) in [5.74, 6) is 1.35. The number of hydrazine groups is 2. The summed E-state index contributed by atoms with van der Waals surface area (Å²) >= 11 is 12.1. The van der Waals surface area contributed by atoms with E-state index < -0.39 is 0 Å². The average Bonchev–Trinajstić information content (AvgIpc) is 3.50. The minimum atomic E-state index is 0.392. The SMILES string of the molecule is Clc1cc(Cl)cc(CNc2ncc(-c3nnc(N4CCC(C5=CNNN5)CC4)o3)cn2)c1. The molecule has 1 saturated heterocycles. The van der Waals surface area contributed by atoms with E-state index in [0.717, 1.165) is 31.5 Å². The van der Waals surface area contributed by atoms with Gasteiger partial charge in [-0.1, -0.05) is 28.3 Å². The van der Waals surface area contributed by atoms with Gasteiger partial charge in [-0.2, -0.15) is 5.53 Å². The van der Waals surface area contributed by atoms with Crippen molar-refractivity contribution in [2.24, 2.45) is 5.92 Å². The molecule has 32 heavy (non-hydrogen) atoms. The zero-order valence-electron chi connectivity index (χ0n) is 17.0. The van der Waals surface area contributed by atoms with Gasteiger partial charge in [0.25, 0.3) is 5.89 Å². The molecule has 4 heterocycles. The molecule has 0 spiro atoms. The first-order valence-electron chi connectivity index (χ1n) is 10.2. The summed E-state index contributed by atoms with van der Waals surface area (Å²) in [5, 5.41) is 12.7. The maximum atomic E-state index is 6.03. The molecule has 10 nitrogen and oxygen atoms in total. The van der Waals surface area contributed by atoms with E-state index in [2.05, 4.69) is 46.8 Å². The van der Waals surface area contributed by atoms with Crippen molar-refractivity contribution in [1.29, 1.82) is 0 Å². The Balaban J connectivity index is 1.18. The highest BCUT2D eigenvalue weighted by Gasteiger charge is 2.26. The van der Waals surface area contributed by atoms with Crippen LogP contribution in [0, 0.1) is 5.92 Å². The van der Waals surface area contributed by atoms with Crippen molar-refractivity contribution >= 4 is 35.2 Å². The molecule has 0 amide bonds. The van der Waals surface area contributed by atoms with Crippen LogP contribution < -0.4 is 26.6 Å². The van der Waals surface area contributed by atoms with Crippen molar-refractivity contribution in [3.8, 4) is 11.5 Å². The number of aromatic nitrogens is 4. The maximum absolute atomic E-state index is 6.03. The van der Waals surface area contributed by atoms with E-state index in [1.807, 2.05) is 18.3 Å². The van der Waals surface area contributed by atoms with Gasteiger partial charge in [0.15, 0.2) is 0 Å². The first kappa shape index (κ1) is 20.8. The van der Waals surface area contributed by atoms with Crippen molar-refractivity contribution < 1.29 is 4.42 Å². The Morgan fingerprint density at radius 3 is 2.50 bits per heavy atom. The molecular weight excluding hydrogens is 453 g/mol. The lowest BCUT2D eigenvalue weighted by Gasteiger charge is -2.30. The number of nitrogens with zero attached hydrogens (tertiary/aromatic N) is 5. The zero-order chi connectivity index (χ0) is 21.9. The van der Waals surface area contributed by atoms with Crippen molar-refractivity contribution in [2.75, 3.05) is 23.3 Å². The molecule has 2 aliphatic rings. The number of rotatable bonds is 6. The van der Waals surface area contributed by atoms with E-state index in [-0.39, 0.29) is 0 Å². The average molecular weight is 474 g/mol. The Morgan fingerprint density at radius 1 is 1.06 bits per heavy atom. The highest BCUT2D eigenvalue weighted by atomic mass is 35.5. The lowest BCUT2D eigenvalue weighted by Crippen LogP contribution is -2.38. The Hall–Kier alpha value is -3.08. The van der Waals surface area contributed by atoms with Crippen molar-refractivity contribution in [1.82, 2.24) is 36.6 Å². The van der Waals surface area contributed by atoms with Crippen LogP contribution in [0.4, 0.5) is 12.0 Å². The van der Waals surface area contributed by atoms with Gasteiger partial charge in [0.2, 0.25) is 5.95 Å². The van der Waals surface area contributed by atoms with Crippen molar-refractivity contribution in [2.45, 2.75) is 19.4 Å². The third-order valence-corrected chi connectivity index (χ3v) is 5.83. The van der Waals surface area contributed by atoms with Gasteiger partial charge in [-0.05, 0) is 36.6 Å². The van der Waals surface area contributed by atoms with Gasteiger partial charge < -0.3 is 25.5 Å². The van der Waals surface area contributed by atoms with Crippen LogP contribution >= 0.6 is 23.2 Å². The van der Waals surface area contributed by atoms with Gasteiger partial charge in [-0.15, -0.1) is 5.10 Å². The topological polar surface area (TPSA) is 116 Å². The van der Waals surface area contributed by atoms with Gasteiger partial charge in [0.05, 0.1) is 5.56 Å². The summed E-state index contributed by atoms with van der Waals surface area (Å²) in [6.45, 7) is 2.19. The number of benzene rings is 1. The summed E-state index contributed by atoms with van der Waals surface area (Å²) in [6.07, 6.45) is 7.28. The number of hydrogen-bond donors (Lipinski definition) is 4. The number of anilines is 2. The van der Waals surface area contributed by atoms with Crippen LogP contribution in [0.1, 0.15) is 18.4 Å². The minimum absolute atomic E-state index is 0.392. The molecule has 5 rings (SSSR count). The molecule has 3 aromatic rings. The Morgan fingerprint density at radius 2 is 1.81 bits per heavy atom. The van der Waals surface area contributed by atoms with E-state index >= 15 is 0 Å². The molecule has 1 fully saturated rings. The van der Waals surface area contributed by atoms with E-state index in [1.165, 1.54) is 5.70 Å². The molecular formula is C20H21Cl2N9O. The molecule has 0 atom stereocenters. The van der Waals surface area contributed by atoms with Gasteiger partial charge in [0, 0.05) is 59.9 Å². The lowest BCUT2D eigenvalue weighted by molar-refractivity contribution is 0.409. The maximum Gasteiger partial charge on any atom is 0.318 e. The quantitative estimate of drug-likeness (QED) is 0.425. The highest BCUT2D eigenvalue weighted by molar-refractivity contribution is 6.34. The predicted molar refractivity (Wildman–Crippen MR) is 122 cm³/mol. The van der Waals surface area contributed by atoms with Crippen LogP contribution in [0.25, 0.3) is 11.5 Å². The first-order valence-corrected chi connectivity index (χ1v) is 11.0. The fourth-order valence-electron chi connectivity index (χ4n) is 3.74. The fourth-order valence-corrected chi connectivity index (χ4v) is 4.31. The van der Waals surface area contributed by atoms with Crippen molar-refractivity contribution in [3.63, 3.8) is 0 Å². The normalized spacial score (nSPS) is 16.4. The number of halogens is 2. The Kier molecular flexibility index (Phi) is 5.97. The van der Waals surface area contributed by atoms with Gasteiger partial charge >= 0.3 is 6.01 Å². The molecule has 0 bridgehead atoms. The Labute approximate surface area is 194 Å². The first-order chi connectivity index (χ1) is 15.6. The summed E-state index contributed by atoms with van der Waals surface area (Å²) in [6, 6.07) is 5.89. The van der Waals surface area contributed by atoms with Gasteiger partial charge in [0.1, 0.15) is 0 Å². The second-order valence-corrected chi connectivity index (χ2v) is 8.44. The highest BCUT2D eigenvalue weighted by Crippen LogP contribution is 2.28. The molecule has 166 valence electrons.